The molecule has 4 aromatic rings. The maximum atomic E-state index is 13.1. The first-order chi connectivity index (χ1) is 16.9. The largest absolute Gasteiger partial charge is 0.489 e. The molecule has 178 valence electrons. The average molecular weight is 485 g/mol. The van der Waals surface area contributed by atoms with Crippen molar-refractivity contribution in [2.45, 2.75) is 39.8 Å². The van der Waals surface area contributed by atoms with E-state index in [0.717, 1.165) is 44.8 Å². The lowest BCUT2D eigenvalue weighted by molar-refractivity contribution is -0.120. The Balaban J connectivity index is 1.47. The third-order valence-electron chi connectivity index (χ3n) is 6.08. The molecule has 0 saturated heterocycles. The van der Waals surface area contributed by atoms with Gasteiger partial charge in [-0.1, -0.05) is 66.2 Å². The van der Waals surface area contributed by atoms with Gasteiger partial charge in [-0.2, -0.15) is 0 Å². The highest BCUT2D eigenvalue weighted by atomic mass is 35.5. The molecule has 1 heterocycles. The third-order valence-corrected chi connectivity index (χ3v) is 6.32. The van der Waals surface area contributed by atoms with E-state index in [2.05, 4.69) is 10.3 Å². The number of nitrogens with zero attached hydrogens (tertiary/aromatic N) is 1. The van der Waals surface area contributed by atoms with Gasteiger partial charge in [-0.25, -0.2) is 0 Å². The van der Waals surface area contributed by atoms with Crippen LogP contribution in [0.3, 0.4) is 0 Å². The number of amides is 1. The summed E-state index contributed by atoms with van der Waals surface area (Å²) in [6.45, 7) is 6.44. The fraction of sp³-hybridized carbons (Fsp3) is 0.200. The van der Waals surface area contributed by atoms with Crippen LogP contribution < -0.4 is 10.1 Å². The minimum atomic E-state index is -0.257. The number of aromatic nitrogens is 1. The van der Waals surface area contributed by atoms with Crippen molar-refractivity contribution in [1.82, 2.24) is 10.3 Å². The number of hydrogen-bond acceptors (Lipinski definition) is 3. The number of ether oxygens (including phenoxy) is 1. The molecule has 0 fully saturated rings. The SMILES string of the molecule is Cc1cc(CC(=O)NC(c2ccccc2)c2ccc(Cl)cc2C)ccc1OCc1cccnc1C. The van der Waals surface area contributed by atoms with E-state index < -0.39 is 0 Å². The van der Waals surface area contributed by atoms with Gasteiger partial charge in [0.1, 0.15) is 12.4 Å². The smallest absolute Gasteiger partial charge is 0.225 e. The molecular formula is C30H29ClN2O2. The summed E-state index contributed by atoms with van der Waals surface area (Å²) in [6.07, 6.45) is 2.05. The molecule has 35 heavy (non-hydrogen) atoms. The number of aryl methyl sites for hydroxylation is 3. The molecule has 1 amide bonds. The van der Waals surface area contributed by atoms with Crippen LogP contribution in [0.4, 0.5) is 0 Å². The van der Waals surface area contributed by atoms with Crippen molar-refractivity contribution < 1.29 is 9.53 Å². The summed E-state index contributed by atoms with van der Waals surface area (Å²) in [6, 6.07) is 25.3. The van der Waals surface area contributed by atoms with E-state index in [-0.39, 0.29) is 18.4 Å². The number of benzene rings is 3. The lowest BCUT2D eigenvalue weighted by Crippen LogP contribution is -2.31. The molecule has 4 nitrogen and oxygen atoms in total. The van der Waals surface area contributed by atoms with E-state index in [4.69, 9.17) is 16.3 Å². The predicted molar refractivity (Wildman–Crippen MR) is 141 cm³/mol. The molecule has 4 rings (SSSR count). The van der Waals surface area contributed by atoms with Gasteiger partial charge in [-0.15, -0.1) is 0 Å². The van der Waals surface area contributed by atoms with E-state index >= 15 is 0 Å². The molecule has 3 aromatic carbocycles. The lowest BCUT2D eigenvalue weighted by atomic mass is 9.94. The topological polar surface area (TPSA) is 51.2 Å². The fourth-order valence-corrected chi connectivity index (χ4v) is 4.38. The van der Waals surface area contributed by atoms with Gasteiger partial charge in [-0.3, -0.25) is 9.78 Å². The molecule has 1 atom stereocenters. The van der Waals surface area contributed by atoms with E-state index in [0.29, 0.717) is 11.6 Å². The molecule has 0 saturated carbocycles. The Morgan fingerprint density at radius 2 is 1.74 bits per heavy atom. The second kappa shape index (κ2) is 11.2. The Morgan fingerprint density at radius 3 is 2.46 bits per heavy atom. The van der Waals surface area contributed by atoms with Gasteiger partial charge in [-0.05, 0) is 72.9 Å². The van der Waals surface area contributed by atoms with Crippen LogP contribution in [-0.2, 0) is 17.8 Å². The third kappa shape index (κ3) is 6.28. The van der Waals surface area contributed by atoms with E-state index in [1.807, 2.05) is 99.6 Å². The molecule has 5 heteroatoms. The van der Waals surface area contributed by atoms with Crippen molar-refractivity contribution in [1.29, 1.82) is 0 Å². The number of halogens is 1. The number of hydrogen-bond donors (Lipinski definition) is 1. The number of carbonyl (C=O) groups is 1. The van der Waals surface area contributed by atoms with Crippen LogP contribution in [-0.4, -0.2) is 10.9 Å². The summed E-state index contributed by atoms with van der Waals surface area (Å²) in [7, 11) is 0. The van der Waals surface area contributed by atoms with Gasteiger partial charge in [0, 0.05) is 22.5 Å². The summed E-state index contributed by atoms with van der Waals surface area (Å²) in [5.41, 5.74) is 7.03. The fourth-order valence-electron chi connectivity index (χ4n) is 4.16. The van der Waals surface area contributed by atoms with Crippen LogP contribution in [0.25, 0.3) is 0 Å². The van der Waals surface area contributed by atoms with Gasteiger partial charge in [0.05, 0.1) is 12.5 Å². The zero-order valence-corrected chi connectivity index (χ0v) is 21.0. The normalized spacial score (nSPS) is 11.7. The van der Waals surface area contributed by atoms with E-state index in [1.54, 1.807) is 6.20 Å². The van der Waals surface area contributed by atoms with Crippen LogP contribution in [0.15, 0.2) is 85.1 Å². The standard InChI is InChI=1S/C30H29ClN2O2/c1-20-17-26(31)12-13-27(20)30(24-8-5-4-6-9-24)33-29(34)18-23-11-14-28(21(2)16-23)35-19-25-10-7-15-32-22(25)3/h4-17,30H,18-19H2,1-3H3,(H,33,34). The molecule has 0 radical (unpaired) electrons. The summed E-state index contributed by atoms with van der Waals surface area (Å²) in [4.78, 5) is 17.4. The molecule has 0 aliphatic carbocycles. The Kier molecular flexibility index (Phi) is 7.84. The number of carbonyl (C=O) groups excluding carboxylic acids is 1. The quantitative estimate of drug-likeness (QED) is 0.303. The van der Waals surface area contributed by atoms with Crippen LogP contribution in [0.1, 0.15) is 45.1 Å². The summed E-state index contributed by atoms with van der Waals surface area (Å²) < 4.78 is 6.02. The summed E-state index contributed by atoms with van der Waals surface area (Å²) in [5, 5.41) is 3.91. The van der Waals surface area contributed by atoms with E-state index in [1.165, 1.54) is 0 Å². The van der Waals surface area contributed by atoms with Gasteiger partial charge in [0.15, 0.2) is 0 Å². The molecule has 0 aliphatic rings. The summed E-state index contributed by atoms with van der Waals surface area (Å²) >= 11 is 6.17. The van der Waals surface area contributed by atoms with E-state index in [9.17, 15) is 4.79 Å². The molecule has 1 unspecified atom stereocenters. The van der Waals surface area contributed by atoms with Crippen molar-refractivity contribution in [2.24, 2.45) is 0 Å². The summed E-state index contributed by atoms with van der Waals surface area (Å²) in [5.74, 6) is 0.753. The minimum absolute atomic E-state index is 0.0488. The highest BCUT2D eigenvalue weighted by molar-refractivity contribution is 6.30. The van der Waals surface area contributed by atoms with Gasteiger partial charge >= 0.3 is 0 Å². The predicted octanol–water partition coefficient (Wildman–Crippen LogP) is 6.69. The number of pyridine rings is 1. The van der Waals surface area contributed by atoms with Crippen molar-refractivity contribution in [2.75, 3.05) is 0 Å². The first-order valence-electron chi connectivity index (χ1n) is 11.6. The molecule has 0 spiro atoms. The molecule has 0 bridgehead atoms. The van der Waals surface area contributed by atoms with Crippen molar-refractivity contribution in [3.8, 4) is 5.75 Å². The first-order valence-corrected chi connectivity index (χ1v) is 12.0. The Labute approximate surface area is 212 Å². The number of rotatable bonds is 8. The second-order valence-electron chi connectivity index (χ2n) is 8.73. The van der Waals surface area contributed by atoms with Crippen LogP contribution in [0, 0.1) is 20.8 Å². The maximum absolute atomic E-state index is 13.1. The zero-order valence-electron chi connectivity index (χ0n) is 20.2. The van der Waals surface area contributed by atoms with Crippen LogP contribution >= 0.6 is 11.6 Å². The first kappa shape index (κ1) is 24.5. The Hall–Kier alpha value is -3.63. The molecular weight excluding hydrogens is 456 g/mol. The molecule has 1 N–H and O–H groups in total. The second-order valence-corrected chi connectivity index (χ2v) is 9.16. The van der Waals surface area contributed by atoms with Crippen LogP contribution in [0.5, 0.6) is 5.75 Å². The monoisotopic (exact) mass is 484 g/mol. The number of nitrogens with one attached hydrogen (secondary N) is 1. The van der Waals surface area contributed by atoms with Gasteiger partial charge in [0.25, 0.3) is 0 Å². The lowest BCUT2D eigenvalue weighted by Gasteiger charge is -2.22. The highest BCUT2D eigenvalue weighted by Gasteiger charge is 2.19. The van der Waals surface area contributed by atoms with Crippen LogP contribution in [0.2, 0.25) is 5.02 Å². The Bertz CT molecular complexity index is 1320. The highest BCUT2D eigenvalue weighted by Crippen LogP contribution is 2.27. The minimum Gasteiger partial charge on any atom is -0.489 e. The maximum Gasteiger partial charge on any atom is 0.225 e. The van der Waals surface area contributed by atoms with Crippen molar-refractivity contribution in [3.63, 3.8) is 0 Å². The van der Waals surface area contributed by atoms with Gasteiger partial charge < -0.3 is 10.1 Å². The zero-order chi connectivity index (χ0) is 24.8. The molecule has 0 aliphatic heterocycles. The Morgan fingerprint density at radius 1 is 0.943 bits per heavy atom. The van der Waals surface area contributed by atoms with Crippen molar-refractivity contribution in [3.05, 3.63) is 129 Å². The van der Waals surface area contributed by atoms with Gasteiger partial charge in [0.2, 0.25) is 5.91 Å². The molecule has 1 aromatic heterocycles. The van der Waals surface area contributed by atoms with Crippen molar-refractivity contribution >= 4 is 17.5 Å². The average Bonchev–Trinajstić information content (AvgIpc) is 2.84.